The molecular formula is C15H29OP. The van der Waals surface area contributed by atoms with Gasteiger partial charge < -0.3 is 4.74 Å². The summed E-state index contributed by atoms with van der Waals surface area (Å²) in [5.41, 5.74) is 2.19. The van der Waals surface area contributed by atoms with E-state index in [-0.39, 0.29) is 7.92 Å². The van der Waals surface area contributed by atoms with Crippen LogP contribution >= 0.6 is 7.92 Å². The number of hydrogen-bond donors (Lipinski definition) is 0. The molecule has 2 heteroatoms. The fourth-order valence-corrected chi connectivity index (χ4v) is 7.46. The van der Waals surface area contributed by atoms with Gasteiger partial charge in [0.05, 0.1) is 6.61 Å². The number of ether oxygens (including phenoxy) is 1. The average Bonchev–Trinajstić information content (AvgIpc) is 2.42. The van der Waals surface area contributed by atoms with E-state index in [1.54, 1.807) is 0 Å². The third-order valence-electron chi connectivity index (χ3n) is 4.64. The quantitative estimate of drug-likeness (QED) is 0.643. The van der Waals surface area contributed by atoms with Crippen LogP contribution in [0.4, 0.5) is 0 Å². The summed E-state index contributed by atoms with van der Waals surface area (Å²) in [5.74, 6) is 0. The van der Waals surface area contributed by atoms with Crippen LogP contribution in [0.2, 0.25) is 0 Å². The van der Waals surface area contributed by atoms with Crippen molar-refractivity contribution in [1.29, 1.82) is 0 Å². The van der Waals surface area contributed by atoms with Gasteiger partial charge >= 0.3 is 0 Å². The van der Waals surface area contributed by atoms with Gasteiger partial charge in [0.15, 0.2) is 0 Å². The van der Waals surface area contributed by atoms with Gasteiger partial charge in [-0.25, -0.2) is 0 Å². The molecule has 0 N–H and O–H groups in total. The van der Waals surface area contributed by atoms with Crippen LogP contribution in [-0.2, 0) is 4.74 Å². The van der Waals surface area contributed by atoms with Gasteiger partial charge in [0, 0.05) is 7.11 Å². The molecule has 1 nitrogen and oxygen atoms in total. The van der Waals surface area contributed by atoms with Gasteiger partial charge in [-0.3, -0.25) is 0 Å². The summed E-state index contributed by atoms with van der Waals surface area (Å²) >= 11 is 0. The molecule has 0 saturated heterocycles. The molecule has 0 aliphatic heterocycles. The zero-order chi connectivity index (χ0) is 11.9. The lowest BCUT2D eigenvalue weighted by Crippen LogP contribution is -2.23. The highest BCUT2D eigenvalue weighted by Gasteiger charge is 2.30. The van der Waals surface area contributed by atoms with Gasteiger partial charge in [-0.1, -0.05) is 46.4 Å². The zero-order valence-corrected chi connectivity index (χ0v) is 12.4. The summed E-state index contributed by atoms with van der Waals surface area (Å²) in [5, 5.41) is 0. The van der Waals surface area contributed by atoms with E-state index in [0.29, 0.717) is 0 Å². The Bertz CT molecular complexity index is 177. The second-order valence-electron chi connectivity index (χ2n) is 5.81. The van der Waals surface area contributed by atoms with Crippen molar-refractivity contribution >= 4 is 7.92 Å². The first-order chi connectivity index (χ1) is 8.42. The molecule has 0 spiro atoms. The van der Waals surface area contributed by atoms with Gasteiger partial charge in [0.25, 0.3) is 0 Å². The van der Waals surface area contributed by atoms with E-state index in [1.165, 1.54) is 70.4 Å². The van der Waals surface area contributed by atoms with E-state index in [0.717, 1.165) is 17.9 Å². The molecule has 17 heavy (non-hydrogen) atoms. The predicted molar refractivity (Wildman–Crippen MR) is 77.4 cm³/mol. The van der Waals surface area contributed by atoms with Crippen molar-refractivity contribution in [1.82, 2.24) is 0 Å². The lowest BCUT2D eigenvalue weighted by molar-refractivity contribution is 0.217. The third kappa shape index (κ3) is 4.21. The van der Waals surface area contributed by atoms with Crippen LogP contribution in [0.5, 0.6) is 0 Å². The largest absolute Gasteiger partial charge is 0.384 e. The molecule has 2 fully saturated rings. The average molecular weight is 256 g/mol. The molecule has 0 aromatic carbocycles. The van der Waals surface area contributed by atoms with Crippen LogP contribution in [0.25, 0.3) is 0 Å². The molecule has 0 amide bonds. The van der Waals surface area contributed by atoms with E-state index < -0.39 is 0 Å². The van der Waals surface area contributed by atoms with Crippen LogP contribution in [0.3, 0.4) is 0 Å². The molecule has 100 valence electrons. The minimum absolute atomic E-state index is 0.272. The first-order valence-corrected chi connectivity index (χ1v) is 9.33. The van der Waals surface area contributed by atoms with Crippen molar-refractivity contribution in [3.05, 3.63) is 0 Å². The van der Waals surface area contributed by atoms with Crippen molar-refractivity contribution in [2.24, 2.45) is 0 Å². The molecule has 2 aliphatic carbocycles. The normalized spacial score (nSPS) is 24.4. The molecule has 2 rings (SSSR count). The summed E-state index contributed by atoms with van der Waals surface area (Å²) in [7, 11) is 2.14. The van der Waals surface area contributed by atoms with Crippen molar-refractivity contribution < 1.29 is 4.74 Å². The second-order valence-corrected chi connectivity index (χ2v) is 8.75. The number of rotatable bonds is 5. The van der Waals surface area contributed by atoms with E-state index in [4.69, 9.17) is 4.74 Å². The van der Waals surface area contributed by atoms with Crippen molar-refractivity contribution in [2.45, 2.75) is 75.5 Å². The first kappa shape index (κ1) is 13.8. The van der Waals surface area contributed by atoms with Crippen molar-refractivity contribution in [3.8, 4) is 0 Å². The highest BCUT2D eigenvalue weighted by molar-refractivity contribution is 7.59. The minimum Gasteiger partial charge on any atom is -0.384 e. The maximum absolute atomic E-state index is 5.37. The predicted octanol–water partition coefficient (Wildman–Crippen LogP) is 4.78. The zero-order valence-electron chi connectivity index (χ0n) is 11.5. The number of hydrogen-bond acceptors (Lipinski definition) is 1. The summed E-state index contributed by atoms with van der Waals surface area (Å²) in [4.78, 5) is 0. The van der Waals surface area contributed by atoms with E-state index in [2.05, 4.69) is 0 Å². The summed E-state index contributed by atoms with van der Waals surface area (Å²) in [6.45, 7) is 1.01. The molecule has 0 bridgehead atoms. The molecule has 2 saturated carbocycles. The standard InChI is InChI=1S/C15H29OP/c1-16-12-13-17(14-8-4-2-5-9-14)15-10-6-3-7-11-15/h14-15H,2-13H2,1H3. The van der Waals surface area contributed by atoms with Gasteiger partial charge in [0.2, 0.25) is 0 Å². The molecule has 0 aromatic rings. The van der Waals surface area contributed by atoms with Crippen LogP contribution in [0.1, 0.15) is 64.2 Å². The SMILES string of the molecule is COCCP(C1CCCCC1)C1CCCCC1. The summed E-state index contributed by atoms with van der Waals surface area (Å²) < 4.78 is 5.37. The Hall–Kier alpha value is 0.390. The Morgan fingerprint density at radius 2 is 1.29 bits per heavy atom. The maximum Gasteiger partial charge on any atom is 0.0501 e. The Morgan fingerprint density at radius 1 is 0.824 bits per heavy atom. The van der Waals surface area contributed by atoms with Gasteiger partial charge in [-0.05, 0) is 43.2 Å². The van der Waals surface area contributed by atoms with Crippen molar-refractivity contribution in [2.75, 3.05) is 19.9 Å². The fraction of sp³-hybridized carbons (Fsp3) is 1.00. The highest BCUT2D eigenvalue weighted by Crippen LogP contribution is 2.55. The maximum atomic E-state index is 5.37. The molecule has 0 radical (unpaired) electrons. The Balaban J connectivity index is 1.90. The molecule has 0 aromatic heterocycles. The number of methoxy groups -OCH3 is 1. The van der Waals surface area contributed by atoms with Crippen LogP contribution in [0.15, 0.2) is 0 Å². The molecule has 0 unspecified atom stereocenters. The minimum atomic E-state index is 0.272. The molecular weight excluding hydrogens is 227 g/mol. The molecule has 2 aliphatic rings. The van der Waals surface area contributed by atoms with Crippen molar-refractivity contribution in [3.63, 3.8) is 0 Å². The van der Waals surface area contributed by atoms with Gasteiger partial charge in [0.1, 0.15) is 0 Å². The third-order valence-corrected chi connectivity index (χ3v) is 8.25. The van der Waals surface area contributed by atoms with Crippen LogP contribution < -0.4 is 0 Å². The van der Waals surface area contributed by atoms with E-state index >= 15 is 0 Å². The van der Waals surface area contributed by atoms with Gasteiger partial charge in [-0.15, -0.1) is 0 Å². The fourth-order valence-electron chi connectivity index (χ4n) is 3.69. The van der Waals surface area contributed by atoms with E-state index in [9.17, 15) is 0 Å². The molecule has 0 atom stereocenters. The summed E-state index contributed by atoms with van der Waals surface area (Å²) in [6, 6.07) is 0. The Labute approximate surface area is 108 Å². The van der Waals surface area contributed by atoms with Crippen LogP contribution in [0, 0.1) is 0 Å². The highest BCUT2D eigenvalue weighted by atomic mass is 31.1. The smallest absolute Gasteiger partial charge is 0.0501 e. The molecule has 0 heterocycles. The monoisotopic (exact) mass is 256 g/mol. The van der Waals surface area contributed by atoms with Gasteiger partial charge in [-0.2, -0.15) is 0 Å². The first-order valence-electron chi connectivity index (χ1n) is 7.66. The summed E-state index contributed by atoms with van der Waals surface area (Å²) in [6.07, 6.45) is 16.5. The Morgan fingerprint density at radius 3 is 1.71 bits per heavy atom. The second kappa shape index (κ2) is 7.74. The lowest BCUT2D eigenvalue weighted by atomic mass is 9.99. The van der Waals surface area contributed by atoms with Crippen LogP contribution in [-0.4, -0.2) is 31.2 Å². The van der Waals surface area contributed by atoms with E-state index in [1.807, 2.05) is 7.11 Å². The topological polar surface area (TPSA) is 9.23 Å². The lowest BCUT2D eigenvalue weighted by Gasteiger charge is -2.38. The Kier molecular flexibility index (Phi) is 6.29.